The van der Waals surface area contributed by atoms with Gasteiger partial charge in [-0.05, 0) is 18.1 Å². The number of aromatic nitrogens is 1. The van der Waals surface area contributed by atoms with Gasteiger partial charge >= 0.3 is 0 Å². The van der Waals surface area contributed by atoms with Crippen molar-refractivity contribution in [1.82, 2.24) is 5.16 Å². The third-order valence-electron chi connectivity index (χ3n) is 2.10. The fourth-order valence-corrected chi connectivity index (χ4v) is 2.10. The number of fused-ring (bicyclic) bond motifs is 1. The van der Waals surface area contributed by atoms with E-state index in [-0.39, 0.29) is 5.75 Å². The van der Waals surface area contributed by atoms with Crippen LogP contribution in [0.4, 0.5) is 0 Å². The van der Waals surface area contributed by atoms with Crippen LogP contribution in [0.2, 0.25) is 0 Å². The smallest absolute Gasteiger partial charge is 0.232 e. The number of halogens is 1. The second-order valence-corrected chi connectivity index (χ2v) is 6.04. The van der Waals surface area contributed by atoms with Gasteiger partial charge in [0.25, 0.3) is 0 Å². The van der Waals surface area contributed by atoms with Crippen molar-refractivity contribution in [3.8, 4) is 0 Å². The van der Waals surface area contributed by atoms with E-state index in [1.54, 1.807) is 18.3 Å². The van der Waals surface area contributed by atoms with Gasteiger partial charge in [0.15, 0.2) is 5.58 Å². The predicted molar refractivity (Wildman–Crippen MR) is 57.4 cm³/mol. The van der Waals surface area contributed by atoms with E-state index in [1.165, 1.54) is 0 Å². The second-order valence-electron chi connectivity index (χ2n) is 3.15. The Balaban J connectivity index is 2.32. The van der Waals surface area contributed by atoms with Crippen LogP contribution in [0, 0.1) is 0 Å². The fraction of sp³-hybridized carbons (Fsp3) is 0.222. The minimum Gasteiger partial charge on any atom is -0.356 e. The van der Waals surface area contributed by atoms with Gasteiger partial charge in [0.05, 0.1) is 11.9 Å². The monoisotopic (exact) mass is 245 g/mol. The molecule has 1 aromatic carbocycles. The highest BCUT2D eigenvalue weighted by Gasteiger charge is 2.09. The zero-order valence-corrected chi connectivity index (χ0v) is 9.25. The number of nitrogens with zero attached hydrogens (tertiary/aromatic N) is 1. The molecule has 1 heterocycles. The molecule has 80 valence electrons. The standard InChI is InChI=1S/C9H8ClNO3S/c10-15(12,13)5-4-7-2-1-3-9-8(7)6-11-14-9/h1-3,6H,4-5H2. The summed E-state index contributed by atoms with van der Waals surface area (Å²) in [6, 6.07) is 5.41. The highest BCUT2D eigenvalue weighted by atomic mass is 35.7. The molecule has 0 atom stereocenters. The SMILES string of the molecule is O=S(=O)(Cl)CCc1cccc2oncc12. The van der Waals surface area contributed by atoms with E-state index in [1.807, 2.05) is 6.07 Å². The Morgan fingerprint density at radius 3 is 2.93 bits per heavy atom. The lowest BCUT2D eigenvalue weighted by Crippen LogP contribution is -2.01. The number of hydrogen-bond donors (Lipinski definition) is 0. The van der Waals surface area contributed by atoms with Crippen molar-refractivity contribution in [3.63, 3.8) is 0 Å². The average Bonchev–Trinajstić information content (AvgIpc) is 2.61. The average molecular weight is 246 g/mol. The first kappa shape index (κ1) is 10.4. The lowest BCUT2D eigenvalue weighted by Gasteiger charge is -1.99. The minimum atomic E-state index is -3.45. The molecule has 0 saturated heterocycles. The first-order valence-electron chi connectivity index (χ1n) is 4.31. The van der Waals surface area contributed by atoms with Crippen molar-refractivity contribution in [3.05, 3.63) is 30.0 Å². The maximum atomic E-state index is 10.8. The summed E-state index contributed by atoms with van der Waals surface area (Å²) in [5, 5.41) is 4.48. The first-order chi connectivity index (χ1) is 7.06. The first-order valence-corrected chi connectivity index (χ1v) is 6.79. The van der Waals surface area contributed by atoms with Crippen molar-refractivity contribution in [1.29, 1.82) is 0 Å². The van der Waals surface area contributed by atoms with Crippen molar-refractivity contribution >= 4 is 30.7 Å². The fourth-order valence-electron chi connectivity index (χ4n) is 1.40. The van der Waals surface area contributed by atoms with E-state index in [9.17, 15) is 8.42 Å². The van der Waals surface area contributed by atoms with Crippen LogP contribution in [-0.2, 0) is 15.5 Å². The van der Waals surface area contributed by atoms with E-state index in [0.29, 0.717) is 12.0 Å². The summed E-state index contributed by atoms with van der Waals surface area (Å²) in [4.78, 5) is 0. The number of rotatable bonds is 3. The van der Waals surface area contributed by atoms with Crippen LogP contribution in [0.1, 0.15) is 5.56 Å². The van der Waals surface area contributed by atoms with Gasteiger partial charge in [0.2, 0.25) is 9.05 Å². The Hall–Kier alpha value is -1.07. The summed E-state index contributed by atoms with van der Waals surface area (Å²) in [6.07, 6.45) is 1.94. The van der Waals surface area contributed by atoms with Gasteiger partial charge in [-0.3, -0.25) is 0 Å². The van der Waals surface area contributed by atoms with Crippen molar-refractivity contribution in [2.24, 2.45) is 0 Å². The zero-order valence-electron chi connectivity index (χ0n) is 7.68. The molecule has 4 nitrogen and oxygen atoms in total. The highest BCUT2D eigenvalue weighted by molar-refractivity contribution is 8.13. The summed E-state index contributed by atoms with van der Waals surface area (Å²) >= 11 is 0. The zero-order chi connectivity index (χ0) is 10.9. The van der Waals surface area contributed by atoms with Gasteiger partial charge in [-0.15, -0.1) is 0 Å². The van der Waals surface area contributed by atoms with Gasteiger partial charge in [0.1, 0.15) is 0 Å². The summed E-state index contributed by atoms with van der Waals surface area (Å²) in [5.41, 5.74) is 1.53. The number of aryl methyl sites for hydroxylation is 1. The van der Waals surface area contributed by atoms with Crippen LogP contribution in [0.3, 0.4) is 0 Å². The maximum absolute atomic E-state index is 10.8. The lowest BCUT2D eigenvalue weighted by atomic mass is 10.1. The Labute approximate surface area is 91.2 Å². The molecule has 15 heavy (non-hydrogen) atoms. The third kappa shape index (κ3) is 2.49. The number of hydrogen-bond acceptors (Lipinski definition) is 4. The second kappa shape index (κ2) is 3.83. The molecule has 0 aliphatic rings. The molecular formula is C9H8ClNO3S. The van der Waals surface area contributed by atoms with Gasteiger partial charge in [-0.25, -0.2) is 8.42 Å². The van der Waals surface area contributed by atoms with Crippen LogP contribution in [0.5, 0.6) is 0 Å². The van der Waals surface area contributed by atoms with E-state index in [4.69, 9.17) is 15.2 Å². The van der Waals surface area contributed by atoms with Crippen molar-refractivity contribution < 1.29 is 12.9 Å². The van der Waals surface area contributed by atoms with Crippen LogP contribution in [0.25, 0.3) is 11.0 Å². The molecule has 0 saturated carbocycles. The summed E-state index contributed by atoms with van der Waals surface area (Å²) in [7, 11) is 1.69. The quantitative estimate of drug-likeness (QED) is 0.776. The normalized spacial score (nSPS) is 12.1. The summed E-state index contributed by atoms with van der Waals surface area (Å²) in [5.74, 6) is -0.0845. The highest BCUT2D eigenvalue weighted by Crippen LogP contribution is 2.19. The van der Waals surface area contributed by atoms with Crippen molar-refractivity contribution in [2.75, 3.05) is 5.75 Å². The van der Waals surface area contributed by atoms with E-state index < -0.39 is 9.05 Å². The Morgan fingerprint density at radius 2 is 2.20 bits per heavy atom. The molecule has 0 fully saturated rings. The van der Waals surface area contributed by atoms with Gasteiger partial charge in [-0.2, -0.15) is 0 Å². The largest absolute Gasteiger partial charge is 0.356 e. The van der Waals surface area contributed by atoms with E-state index in [2.05, 4.69) is 5.16 Å². The Kier molecular flexibility index (Phi) is 2.67. The van der Waals surface area contributed by atoms with Crippen LogP contribution < -0.4 is 0 Å². The lowest BCUT2D eigenvalue weighted by molar-refractivity contribution is 0.456. The molecular weight excluding hydrogens is 238 g/mol. The number of benzene rings is 1. The third-order valence-corrected chi connectivity index (χ3v) is 3.26. The molecule has 0 bridgehead atoms. The van der Waals surface area contributed by atoms with Crippen molar-refractivity contribution in [2.45, 2.75) is 6.42 Å². The van der Waals surface area contributed by atoms with E-state index in [0.717, 1.165) is 10.9 Å². The molecule has 1 aromatic heterocycles. The molecule has 2 aromatic rings. The Bertz CT molecular complexity index is 576. The molecule has 0 radical (unpaired) electrons. The molecule has 0 spiro atoms. The summed E-state index contributed by atoms with van der Waals surface area (Å²) < 4.78 is 26.6. The van der Waals surface area contributed by atoms with Gasteiger partial charge in [-0.1, -0.05) is 17.3 Å². The van der Waals surface area contributed by atoms with Crippen LogP contribution >= 0.6 is 10.7 Å². The molecule has 2 rings (SSSR count). The summed E-state index contributed by atoms with van der Waals surface area (Å²) in [6.45, 7) is 0. The molecule has 0 aliphatic heterocycles. The maximum Gasteiger partial charge on any atom is 0.232 e. The van der Waals surface area contributed by atoms with Crippen LogP contribution in [-0.4, -0.2) is 19.3 Å². The predicted octanol–water partition coefficient (Wildman–Crippen LogP) is 1.94. The van der Waals surface area contributed by atoms with Gasteiger partial charge < -0.3 is 4.52 Å². The van der Waals surface area contributed by atoms with Gasteiger partial charge in [0, 0.05) is 16.1 Å². The molecule has 0 aliphatic carbocycles. The molecule has 0 N–H and O–H groups in total. The molecule has 0 unspecified atom stereocenters. The van der Waals surface area contributed by atoms with Crippen LogP contribution in [0.15, 0.2) is 28.9 Å². The molecule has 6 heteroatoms. The molecule has 0 amide bonds. The van der Waals surface area contributed by atoms with E-state index >= 15 is 0 Å². The minimum absolute atomic E-state index is 0.0845. The Morgan fingerprint density at radius 1 is 1.40 bits per heavy atom. The topological polar surface area (TPSA) is 60.2 Å².